The summed E-state index contributed by atoms with van der Waals surface area (Å²) in [7, 11) is 0. The van der Waals surface area contributed by atoms with Crippen molar-refractivity contribution in [2.45, 2.75) is 63.0 Å². The molecule has 188 valence electrons. The molecule has 2 aliphatic rings. The highest BCUT2D eigenvalue weighted by atomic mass is 19.4. The topological polar surface area (TPSA) is 70.7 Å². The Hall–Kier alpha value is -2.98. The Balaban J connectivity index is 1.47. The SMILES string of the molecule is O=C(NC1CC1)[C@@H]1Cc2ccccc2CN1CC[C@@H](Cc1ccccc1F)NOC(=O)C(F)(F)F. The van der Waals surface area contributed by atoms with E-state index in [1.165, 1.54) is 18.2 Å². The van der Waals surface area contributed by atoms with Gasteiger partial charge in [0.2, 0.25) is 5.91 Å². The van der Waals surface area contributed by atoms with Crippen LogP contribution in [0.5, 0.6) is 0 Å². The normalized spacial score (nSPS) is 19.0. The van der Waals surface area contributed by atoms with Crippen molar-refractivity contribution in [1.29, 1.82) is 0 Å². The summed E-state index contributed by atoms with van der Waals surface area (Å²) in [6.07, 6.45) is -2.51. The molecule has 1 fully saturated rings. The average Bonchev–Trinajstić information content (AvgIpc) is 3.64. The summed E-state index contributed by atoms with van der Waals surface area (Å²) in [6.45, 7) is 0.820. The van der Waals surface area contributed by atoms with Gasteiger partial charge in [-0.05, 0) is 54.9 Å². The fourth-order valence-electron chi connectivity index (χ4n) is 4.24. The van der Waals surface area contributed by atoms with E-state index >= 15 is 0 Å². The van der Waals surface area contributed by atoms with E-state index in [-0.39, 0.29) is 30.4 Å². The average molecular weight is 494 g/mol. The Labute approximate surface area is 200 Å². The van der Waals surface area contributed by atoms with Gasteiger partial charge in [0.1, 0.15) is 5.82 Å². The standard InChI is InChI=1S/C25H27F4N3O3/c26-21-8-4-3-6-17(21)13-20(31-35-24(34)25(27,28)29)11-12-32-15-18-7-2-1-5-16(18)14-22(32)23(33)30-19-9-10-19/h1-8,19-20,22,31H,9-15H2,(H,30,33)/t20-,22-/m0/s1. The third-order valence-electron chi connectivity index (χ3n) is 6.31. The van der Waals surface area contributed by atoms with E-state index in [9.17, 15) is 27.2 Å². The summed E-state index contributed by atoms with van der Waals surface area (Å²) < 4.78 is 52.1. The highest BCUT2D eigenvalue weighted by Crippen LogP contribution is 2.26. The number of carbonyl (C=O) groups is 2. The van der Waals surface area contributed by atoms with Gasteiger partial charge in [-0.2, -0.15) is 13.2 Å². The van der Waals surface area contributed by atoms with Crippen molar-refractivity contribution in [1.82, 2.24) is 15.7 Å². The molecule has 2 N–H and O–H groups in total. The smallest absolute Gasteiger partial charge is 0.363 e. The van der Waals surface area contributed by atoms with Gasteiger partial charge in [-0.3, -0.25) is 9.69 Å². The molecule has 2 atom stereocenters. The Bertz CT molecular complexity index is 1060. The van der Waals surface area contributed by atoms with E-state index in [0.717, 1.165) is 24.0 Å². The molecule has 0 radical (unpaired) electrons. The summed E-state index contributed by atoms with van der Waals surface area (Å²) in [5.74, 6) is -2.95. The van der Waals surface area contributed by atoms with Crippen LogP contribution < -0.4 is 10.8 Å². The Kier molecular flexibility index (Phi) is 7.71. The molecule has 1 aliphatic heterocycles. The largest absolute Gasteiger partial charge is 0.492 e. The van der Waals surface area contributed by atoms with Crippen molar-refractivity contribution >= 4 is 11.9 Å². The van der Waals surface area contributed by atoms with Crippen LogP contribution in [0, 0.1) is 5.82 Å². The van der Waals surface area contributed by atoms with Crippen molar-refractivity contribution < 1.29 is 32.0 Å². The molecule has 35 heavy (non-hydrogen) atoms. The van der Waals surface area contributed by atoms with Crippen LogP contribution in [0.15, 0.2) is 48.5 Å². The molecular formula is C25H27F4N3O3. The van der Waals surface area contributed by atoms with Crippen LogP contribution in [-0.4, -0.2) is 47.6 Å². The third kappa shape index (κ3) is 6.79. The van der Waals surface area contributed by atoms with E-state index in [2.05, 4.69) is 15.6 Å². The van der Waals surface area contributed by atoms with Gasteiger partial charge < -0.3 is 10.2 Å². The number of fused-ring (bicyclic) bond motifs is 1. The quantitative estimate of drug-likeness (QED) is 0.414. The monoisotopic (exact) mass is 493 g/mol. The van der Waals surface area contributed by atoms with Crippen LogP contribution in [0.1, 0.15) is 36.0 Å². The van der Waals surface area contributed by atoms with E-state index in [0.29, 0.717) is 19.5 Å². The summed E-state index contributed by atoms with van der Waals surface area (Å²) in [5, 5.41) is 3.04. The number of carbonyl (C=O) groups excluding carboxylic acids is 2. The van der Waals surface area contributed by atoms with E-state index in [1.807, 2.05) is 29.2 Å². The van der Waals surface area contributed by atoms with Crippen LogP contribution in [0.4, 0.5) is 17.6 Å². The lowest BCUT2D eigenvalue weighted by molar-refractivity contribution is -0.208. The summed E-state index contributed by atoms with van der Waals surface area (Å²) in [5.41, 5.74) is 4.62. The Morgan fingerprint density at radius 3 is 2.43 bits per heavy atom. The second-order valence-corrected chi connectivity index (χ2v) is 9.03. The second-order valence-electron chi connectivity index (χ2n) is 9.03. The molecule has 10 heteroatoms. The number of rotatable bonds is 9. The number of amides is 1. The fourth-order valence-corrected chi connectivity index (χ4v) is 4.24. The van der Waals surface area contributed by atoms with Crippen LogP contribution in [0.25, 0.3) is 0 Å². The first-order valence-corrected chi connectivity index (χ1v) is 11.6. The van der Waals surface area contributed by atoms with E-state index in [4.69, 9.17) is 0 Å². The lowest BCUT2D eigenvalue weighted by Crippen LogP contribution is -2.52. The lowest BCUT2D eigenvalue weighted by Gasteiger charge is -2.36. The van der Waals surface area contributed by atoms with Gasteiger partial charge in [0.25, 0.3) is 0 Å². The number of nitrogens with zero attached hydrogens (tertiary/aromatic N) is 1. The number of nitrogens with one attached hydrogen (secondary N) is 2. The molecule has 2 aromatic rings. The van der Waals surface area contributed by atoms with Crippen LogP contribution in [0.2, 0.25) is 0 Å². The number of hydrogen-bond donors (Lipinski definition) is 2. The number of alkyl halides is 3. The molecule has 0 aromatic heterocycles. The predicted octanol–water partition coefficient (Wildman–Crippen LogP) is 3.44. The van der Waals surface area contributed by atoms with Crippen LogP contribution in [-0.2, 0) is 33.8 Å². The zero-order chi connectivity index (χ0) is 25.0. The lowest BCUT2D eigenvalue weighted by atomic mass is 9.92. The van der Waals surface area contributed by atoms with Gasteiger partial charge in [-0.25, -0.2) is 9.18 Å². The van der Waals surface area contributed by atoms with E-state index < -0.39 is 30.0 Å². The molecule has 1 heterocycles. The molecule has 0 unspecified atom stereocenters. The molecule has 1 saturated carbocycles. The molecule has 0 bridgehead atoms. The number of hydrogen-bond acceptors (Lipinski definition) is 5. The minimum absolute atomic E-state index is 0.00117. The number of benzene rings is 2. The van der Waals surface area contributed by atoms with Gasteiger partial charge in [0.05, 0.1) is 6.04 Å². The van der Waals surface area contributed by atoms with Crippen molar-refractivity contribution in [3.05, 3.63) is 71.0 Å². The molecule has 2 aromatic carbocycles. The molecule has 1 amide bonds. The fraction of sp³-hybridized carbons (Fsp3) is 0.440. The molecule has 6 nitrogen and oxygen atoms in total. The maximum absolute atomic E-state index is 14.2. The van der Waals surface area contributed by atoms with Gasteiger partial charge in [0.15, 0.2) is 0 Å². The maximum Gasteiger partial charge on any atom is 0.492 e. The maximum atomic E-state index is 14.2. The summed E-state index contributed by atoms with van der Waals surface area (Å²) >= 11 is 0. The third-order valence-corrected chi connectivity index (χ3v) is 6.31. The molecule has 0 spiro atoms. The molecular weight excluding hydrogens is 466 g/mol. The van der Waals surface area contributed by atoms with E-state index in [1.54, 1.807) is 6.07 Å². The van der Waals surface area contributed by atoms with Crippen molar-refractivity contribution in [2.75, 3.05) is 6.54 Å². The van der Waals surface area contributed by atoms with Gasteiger partial charge >= 0.3 is 12.1 Å². The van der Waals surface area contributed by atoms with Gasteiger partial charge in [0, 0.05) is 25.2 Å². The predicted molar refractivity (Wildman–Crippen MR) is 119 cm³/mol. The Morgan fingerprint density at radius 2 is 1.74 bits per heavy atom. The highest BCUT2D eigenvalue weighted by Gasteiger charge is 2.42. The first-order valence-electron chi connectivity index (χ1n) is 11.6. The molecule has 0 saturated heterocycles. The van der Waals surface area contributed by atoms with Crippen molar-refractivity contribution in [3.8, 4) is 0 Å². The second kappa shape index (κ2) is 10.7. The van der Waals surface area contributed by atoms with Crippen molar-refractivity contribution in [3.63, 3.8) is 0 Å². The first kappa shape index (κ1) is 25.1. The molecule has 4 rings (SSSR count). The van der Waals surface area contributed by atoms with Gasteiger partial charge in [-0.15, -0.1) is 5.48 Å². The van der Waals surface area contributed by atoms with Crippen molar-refractivity contribution in [2.24, 2.45) is 0 Å². The van der Waals surface area contributed by atoms with Gasteiger partial charge in [-0.1, -0.05) is 42.5 Å². The Morgan fingerprint density at radius 1 is 1.06 bits per heavy atom. The highest BCUT2D eigenvalue weighted by molar-refractivity contribution is 5.83. The first-order chi connectivity index (χ1) is 16.7. The zero-order valence-corrected chi connectivity index (χ0v) is 19.0. The minimum Gasteiger partial charge on any atom is -0.363 e. The van der Waals surface area contributed by atoms with Crippen LogP contribution in [0.3, 0.4) is 0 Å². The summed E-state index contributed by atoms with van der Waals surface area (Å²) in [6, 6.07) is 12.7. The summed E-state index contributed by atoms with van der Waals surface area (Å²) in [4.78, 5) is 30.4. The van der Waals surface area contributed by atoms with Crippen LogP contribution >= 0.6 is 0 Å². The number of hydroxylamine groups is 1. The zero-order valence-electron chi connectivity index (χ0n) is 19.0. The minimum atomic E-state index is -5.15. The number of halogens is 4. The molecule has 1 aliphatic carbocycles.